The van der Waals surface area contributed by atoms with Gasteiger partial charge in [-0.2, -0.15) is 8.78 Å². The molecule has 2 aromatic rings. The highest BCUT2D eigenvalue weighted by atomic mass is 32.2. The minimum Gasteiger partial charge on any atom is -0.435 e. The van der Waals surface area contributed by atoms with Crippen LogP contribution in [0.2, 0.25) is 0 Å². The standard InChI is InChI=1S/C13H14F2N2O2S/c1-17-6-5-16-12(17)9-20(18)8-10-3-2-4-11(7-10)19-13(14)15/h2-7,13H,8-9H2,1H3. The summed E-state index contributed by atoms with van der Waals surface area (Å²) in [6, 6.07) is 6.25. The Labute approximate surface area is 117 Å². The molecule has 1 aromatic heterocycles. The molecule has 0 radical (unpaired) electrons. The van der Waals surface area contributed by atoms with Crippen molar-refractivity contribution in [3.63, 3.8) is 0 Å². The third-order valence-electron chi connectivity index (χ3n) is 2.66. The topological polar surface area (TPSA) is 44.1 Å². The van der Waals surface area contributed by atoms with E-state index in [9.17, 15) is 13.0 Å². The molecule has 1 unspecified atom stereocenters. The number of halogens is 2. The van der Waals surface area contributed by atoms with E-state index < -0.39 is 17.4 Å². The number of aromatic nitrogens is 2. The number of hydrogen-bond donors (Lipinski definition) is 0. The summed E-state index contributed by atoms with van der Waals surface area (Å²) < 4.78 is 42.4. The lowest BCUT2D eigenvalue weighted by Gasteiger charge is -2.07. The minimum atomic E-state index is -2.86. The van der Waals surface area contributed by atoms with E-state index in [0.29, 0.717) is 11.3 Å². The molecule has 0 aliphatic rings. The third-order valence-corrected chi connectivity index (χ3v) is 3.90. The van der Waals surface area contributed by atoms with E-state index in [2.05, 4.69) is 9.72 Å². The Balaban J connectivity index is 1.99. The van der Waals surface area contributed by atoms with Gasteiger partial charge in [0.15, 0.2) is 0 Å². The van der Waals surface area contributed by atoms with Crippen LogP contribution in [0.25, 0.3) is 0 Å². The quantitative estimate of drug-likeness (QED) is 0.823. The molecule has 0 saturated heterocycles. The van der Waals surface area contributed by atoms with Crippen LogP contribution < -0.4 is 4.74 Å². The van der Waals surface area contributed by atoms with Crippen molar-refractivity contribution in [1.29, 1.82) is 0 Å². The van der Waals surface area contributed by atoms with Crippen molar-refractivity contribution in [3.05, 3.63) is 48.0 Å². The SMILES string of the molecule is Cn1ccnc1CS(=O)Cc1cccc(OC(F)F)c1. The summed E-state index contributed by atoms with van der Waals surface area (Å²) >= 11 is 0. The van der Waals surface area contributed by atoms with Crippen LogP contribution in [0.5, 0.6) is 5.75 Å². The fraction of sp³-hybridized carbons (Fsp3) is 0.308. The molecule has 4 nitrogen and oxygen atoms in total. The van der Waals surface area contributed by atoms with Crippen molar-refractivity contribution < 1.29 is 17.7 Å². The lowest BCUT2D eigenvalue weighted by atomic mass is 10.2. The molecule has 20 heavy (non-hydrogen) atoms. The third kappa shape index (κ3) is 4.12. The summed E-state index contributed by atoms with van der Waals surface area (Å²) in [5, 5.41) is 0. The Morgan fingerprint density at radius 1 is 1.40 bits per heavy atom. The van der Waals surface area contributed by atoms with Crippen molar-refractivity contribution in [3.8, 4) is 5.75 Å². The van der Waals surface area contributed by atoms with Crippen LogP contribution in [0.4, 0.5) is 8.78 Å². The van der Waals surface area contributed by atoms with Crippen molar-refractivity contribution in [2.45, 2.75) is 18.1 Å². The molecule has 7 heteroatoms. The summed E-state index contributed by atoms with van der Waals surface area (Å²) in [5.74, 6) is 1.39. The van der Waals surface area contributed by atoms with Crippen LogP contribution in [0.3, 0.4) is 0 Å². The molecule has 0 bridgehead atoms. The van der Waals surface area contributed by atoms with Gasteiger partial charge in [-0.25, -0.2) is 4.98 Å². The average Bonchev–Trinajstić information content (AvgIpc) is 2.74. The Morgan fingerprint density at radius 3 is 2.85 bits per heavy atom. The average molecular weight is 300 g/mol. The normalized spacial score (nSPS) is 12.6. The summed E-state index contributed by atoms with van der Waals surface area (Å²) in [6.45, 7) is -2.86. The molecular formula is C13H14F2N2O2S. The molecule has 1 atom stereocenters. The fourth-order valence-corrected chi connectivity index (χ4v) is 2.95. The first-order chi connectivity index (χ1) is 9.54. The van der Waals surface area contributed by atoms with Crippen LogP contribution in [-0.2, 0) is 29.4 Å². The fourth-order valence-electron chi connectivity index (χ4n) is 1.73. The number of nitrogens with zero attached hydrogens (tertiary/aromatic N) is 2. The number of aryl methyl sites for hydroxylation is 1. The van der Waals surface area contributed by atoms with Crippen LogP contribution >= 0.6 is 0 Å². The van der Waals surface area contributed by atoms with Crippen LogP contribution in [0, 0.1) is 0 Å². The largest absolute Gasteiger partial charge is 0.435 e. The minimum absolute atomic E-state index is 0.0755. The maximum Gasteiger partial charge on any atom is 0.387 e. The summed E-state index contributed by atoms with van der Waals surface area (Å²) in [7, 11) is 0.672. The highest BCUT2D eigenvalue weighted by Crippen LogP contribution is 2.17. The van der Waals surface area contributed by atoms with Crippen molar-refractivity contribution >= 4 is 10.8 Å². The van der Waals surface area contributed by atoms with Crippen molar-refractivity contribution in [2.75, 3.05) is 0 Å². The van der Waals surface area contributed by atoms with Gasteiger partial charge in [0.25, 0.3) is 0 Å². The molecule has 0 aliphatic carbocycles. The smallest absolute Gasteiger partial charge is 0.387 e. The molecule has 2 rings (SSSR count). The Bertz CT molecular complexity index is 602. The van der Waals surface area contributed by atoms with Crippen molar-refractivity contribution in [2.24, 2.45) is 7.05 Å². The van der Waals surface area contributed by atoms with Gasteiger partial charge in [0.05, 0.1) is 5.75 Å². The monoisotopic (exact) mass is 300 g/mol. The first kappa shape index (κ1) is 14.6. The number of imidazole rings is 1. The van der Waals surface area contributed by atoms with E-state index in [1.807, 2.05) is 7.05 Å². The maximum atomic E-state index is 12.1. The molecular weight excluding hydrogens is 286 g/mol. The van der Waals surface area contributed by atoms with Gasteiger partial charge in [-0.3, -0.25) is 4.21 Å². The molecule has 0 amide bonds. The Hall–Kier alpha value is -1.76. The van der Waals surface area contributed by atoms with Crippen LogP contribution in [0.1, 0.15) is 11.4 Å². The van der Waals surface area contributed by atoms with Gasteiger partial charge in [-0.1, -0.05) is 12.1 Å². The molecule has 0 saturated carbocycles. The van der Waals surface area contributed by atoms with Crippen molar-refractivity contribution in [1.82, 2.24) is 9.55 Å². The predicted octanol–water partition coefficient (Wildman–Crippen LogP) is 2.47. The van der Waals surface area contributed by atoms with E-state index >= 15 is 0 Å². The van der Waals surface area contributed by atoms with Gasteiger partial charge >= 0.3 is 6.61 Å². The number of hydrogen-bond acceptors (Lipinski definition) is 3. The van der Waals surface area contributed by atoms with Gasteiger partial charge in [0, 0.05) is 36.0 Å². The Kier molecular flexibility index (Phi) is 4.84. The second-order valence-corrected chi connectivity index (χ2v) is 5.67. The number of ether oxygens (including phenoxy) is 1. The zero-order valence-corrected chi connectivity index (χ0v) is 11.6. The first-order valence-electron chi connectivity index (χ1n) is 5.89. The van der Waals surface area contributed by atoms with E-state index in [4.69, 9.17) is 0 Å². The van der Waals surface area contributed by atoms with E-state index in [1.54, 1.807) is 29.1 Å². The first-order valence-corrected chi connectivity index (χ1v) is 7.38. The second kappa shape index (κ2) is 6.60. The predicted molar refractivity (Wildman–Crippen MR) is 71.8 cm³/mol. The number of benzene rings is 1. The van der Waals surface area contributed by atoms with Gasteiger partial charge in [0.1, 0.15) is 11.6 Å². The number of rotatable bonds is 6. The van der Waals surface area contributed by atoms with Crippen LogP contribution in [0.15, 0.2) is 36.7 Å². The molecule has 0 fully saturated rings. The molecule has 0 N–H and O–H groups in total. The highest BCUT2D eigenvalue weighted by molar-refractivity contribution is 7.83. The number of alkyl halides is 2. The van der Waals surface area contributed by atoms with E-state index in [1.165, 1.54) is 12.1 Å². The maximum absolute atomic E-state index is 12.1. The molecule has 1 heterocycles. The van der Waals surface area contributed by atoms with Gasteiger partial charge < -0.3 is 9.30 Å². The van der Waals surface area contributed by atoms with Gasteiger partial charge in [0.2, 0.25) is 0 Å². The Morgan fingerprint density at radius 2 is 2.20 bits per heavy atom. The molecule has 0 aliphatic heterocycles. The van der Waals surface area contributed by atoms with E-state index in [0.717, 1.165) is 5.82 Å². The lowest BCUT2D eigenvalue weighted by molar-refractivity contribution is -0.0498. The molecule has 1 aromatic carbocycles. The zero-order chi connectivity index (χ0) is 14.5. The molecule has 0 spiro atoms. The van der Waals surface area contributed by atoms with E-state index in [-0.39, 0.29) is 11.5 Å². The summed E-state index contributed by atoms with van der Waals surface area (Å²) in [5.41, 5.74) is 0.690. The lowest BCUT2D eigenvalue weighted by Crippen LogP contribution is -2.06. The molecule has 108 valence electrons. The zero-order valence-electron chi connectivity index (χ0n) is 10.8. The van der Waals surface area contributed by atoms with Gasteiger partial charge in [-0.05, 0) is 17.7 Å². The highest BCUT2D eigenvalue weighted by Gasteiger charge is 2.09. The van der Waals surface area contributed by atoms with Crippen LogP contribution in [-0.4, -0.2) is 20.4 Å². The summed E-state index contributed by atoms with van der Waals surface area (Å²) in [4.78, 5) is 4.10. The second-order valence-electron chi connectivity index (χ2n) is 4.21. The van der Waals surface area contributed by atoms with Gasteiger partial charge in [-0.15, -0.1) is 0 Å². The summed E-state index contributed by atoms with van der Waals surface area (Å²) in [6.07, 6.45) is 3.42.